The third kappa shape index (κ3) is 3.39. The number of nitrogen functional groups attached to an aromatic ring is 1. The van der Waals surface area contributed by atoms with Gasteiger partial charge in [-0.1, -0.05) is 42.5 Å². The molecule has 172 valence electrons. The molecular formula is C23H19N5O6. The number of aliphatic hydroxyl groups excluding tert-OH is 1. The van der Waals surface area contributed by atoms with Gasteiger partial charge in [-0.25, -0.2) is 19.7 Å². The first-order valence-electron chi connectivity index (χ1n) is 10.3. The van der Waals surface area contributed by atoms with Gasteiger partial charge in [0.05, 0.1) is 5.56 Å². The molecule has 2 atom stereocenters. The molecule has 0 aliphatic carbocycles. The van der Waals surface area contributed by atoms with Gasteiger partial charge in [0.25, 0.3) is 5.79 Å². The number of carbonyl (C=O) groups excluding carboxylic acids is 2. The topological polar surface area (TPSA) is 166 Å². The highest BCUT2D eigenvalue weighted by atomic mass is 16.9. The highest BCUT2D eigenvalue weighted by molar-refractivity contribution is 6.09. The number of epoxide rings is 1. The molecule has 0 saturated carbocycles. The summed E-state index contributed by atoms with van der Waals surface area (Å²) in [6, 6.07) is 14.6. The minimum Gasteiger partial charge on any atom is -0.421 e. The molecule has 2 aromatic heterocycles. The van der Waals surface area contributed by atoms with Crippen LogP contribution < -0.4 is 5.73 Å². The van der Waals surface area contributed by atoms with E-state index in [1.807, 2.05) is 6.07 Å². The second kappa shape index (κ2) is 7.99. The Kier molecular flexibility index (Phi) is 5.09. The van der Waals surface area contributed by atoms with Crippen LogP contribution in [0.4, 0.5) is 5.82 Å². The molecule has 3 heterocycles. The second-order valence-electron chi connectivity index (χ2n) is 7.64. The predicted molar refractivity (Wildman–Crippen MR) is 117 cm³/mol. The zero-order valence-corrected chi connectivity index (χ0v) is 17.7. The third-order valence-electron chi connectivity index (χ3n) is 5.57. The summed E-state index contributed by atoms with van der Waals surface area (Å²) in [7, 11) is 0. The number of fused-ring (bicyclic) bond motifs is 1. The highest BCUT2D eigenvalue weighted by Crippen LogP contribution is 2.54. The number of imidazole rings is 1. The van der Waals surface area contributed by atoms with E-state index < -0.39 is 24.3 Å². The van der Waals surface area contributed by atoms with E-state index >= 15 is 0 Å². The van der Waals surface area contributed by atoms with Gasteiger partial charge >= 0.3 is 11.9 Å². The van der Waals surface area contributed by atoms with Crippen molar-refractivity contribution in [3.05, 3.63) is 83.9 Å². The maximum Gasteiger partial charge on any atom is 0.340 e. The van der Waals surface area contributed by atoms with Gasteiger partial charge in [-0.3, -0.25) is 14.1 Å². The fourth-order valence-electron chi connectivity index (χ4n) is 3.73. The standard InChI is InChI=1S/C23H19N5O6/c24-19-17-20(26-12-25-19)28(13-27-17)23(32)22(34-23,10-11-29)33-21(31)16-8-6-15(7-9-16)18(30)14-4-2-1-3-5-14/h1-9,12-13,29,32H,10-11H2,(H2,24,25,26). The van der Waals surface area contributed by atoms with Gasteiger partial charge in [-0.15, -0.1) is 0 Å². The minimum atomic E-state index is -2.16. The monoisotopic (exact) mass is 461 g/mol. The highest BCUT2D eigenvalue weighted by Gasteiger charge is 2.76. The fraction of sp³-hybridized carbons (Fsp3) is 0.174. The average Bonchev–Trinajstić information content (AvgIpc) is 3.19. The van der Waals surface area contributed by atoms with Crippen LogP contribution in [0.1, 0.15) is 32.7 Å². The summed E-state index contributed by atoms with van der Waals surface area (Å²) >= 11 is 0. The molecule has 1 aliphatic rings. The SMILES string of the molecule is Nc1ncnc2c1ncn2C1(O)OC1(CCO)OC(=O)c1ccc(C(=O)c2ccccc2)cc1. The van der Waals surface area contributed by atoms with E-state index in [0.717, 1.165) is 4.57 Å². The number of ketones is 1. The summed E-state index contributed by atoms with van der Waals surface area (Å²) in [5.41, 5.74) is 7.23. The summed E-state index contributed by atoms with van der Waals surface area (Å²) in [6.07, 6.45) is 2.20. The van der Waals surface area contributed by atoms with Crippen molar-refractivity contribution in [3.63, 3.8) is 0 Å². The molecule has 1 fully saturated rings. The van der Waals surface area contributed by atoms with Crippen molar-refractivity contribution in [2.45, 2.75) is 18.1 Å². The summed E-state index contributed by atoms with van der Waals surface area (Å²) in [4.78, 5) is 37.4. The molecule has 11 heteroatoms. The molecule has 1 aliphatic heterocycles. The Bertz CT molecular complexity index is 1390. The normalized spacial score (nSPS) is 21.4. The summed E-state index contributed by atoms with van der Waals surface area (Å²) in [5, 5.41) is 20.7. The van der Waals surface area contributed by atoms with E-state index in [9.17, 15) is 19.8 Å². The number of benzene rings is 2. The fourth-order valence-corrected chi connectivity index (χ4v) is 3.73. The molecular weight excluding hydrogens is 442 g/mol. The number of nitrogens with two attached hydrogens (primary N) is 1. The van der Waals surface area contributed by atoms with Gasteiger partial charge in [0.1, 0.15) is 18.2 Å². The van der Waals surface area contributed by atoms with Crippen molar-refractivity contribution in [2.24, 2.45) is 0 Å². The molecule has 2 unspecified atom stereocenters. The van der Waals surface area contributed by atoms with Crippen LogP contribution in [-0.2, 0) is 15.4 Å². The van der Waals surface area contributed by atoms with Gasteiger partial charge in [0.15, 0.2) is 17.2 Å². The largest absolute Gasteiger partial charge is 0.421 e. The molecule has 0 radical (unpaired) electrons. The number of carbonyl (C=O) groups is 2. The van der Waals surface area contributed by atoms with Crippen LogP contribution in [-0.4, -0.2) is 53.9 Å². The van der Waals surface area contributed by atoms with E-state index in [2.05, 4.69) is 15.0 Å². The van der Waals surface area contributed by atoms with Crippen LogP contribution in [0.2, 0.25) is 0 Å². The first kappa shape index (κ1) is 21.6. The van der Waals surface area contributed by atoms with Gasteiger partial charge in [-0.2, -0.15) is 0 Å². The predicted octanol–water partition coefficient (Wildman–Crippen LogP) is 1.21. The van der Waals surface area contributed by atoms with Gasteiger partial charge in [-0.05, 0) is 12.1 Å². The Hall–Kier alpha value is -4.19. The number of nitrogens with zero attached hydrogens (tertiary/aromatic N) is 4. The van der Waals surface area contributed by atoms with E-state index in [-0.39, 0.29) is 34.7 Å². The Morgan fingerprint density at radius 1 is 1.00 bits per heavy atom. The lowest BCUT2D eigenvalue weighted by molar-refractivity contribution is -0.0578. The van der Waals surface area contributed by atoms with Crippen LogP contribution in [0, 0.1) is 0 Å². The lowest BCUT2D eigenvalue weighted by Gasteiger charge is -2.17. The Balaban J connectivity index is 1.38. The number of rotatable bonds is 7. The summed E-state index contributed by atoms with van der Waals surface area (Å²) in [6.45, 7) is -0.441. The molecule has 2 aromatic carbocycles. The maximum absolute atomic E-state index is 12.9. The second-order valence-corrected chi connectivity index (χ2v) is 7.64. The molecule has 0 spiro atoms. The number of hydrogen-bond acceptors (Lipinski definition) is 10. The van der Waals surface area contributed by atoms with Gasteiger partial charge in [0, 0.05) is 24.2 Å². The number of ether oxygens (including phenoxy) is 2. The van der Waals surface area contributed by atoms with E-state index in [1.54, 1.807) is 24.3 Å². The lowest BCUT2D eigenvalue weighted by atomic mass is 10.0. The molecule has 0 bridgehead atoms. The third-order valence-corrected chi connectivity index (χ3v) is 5.57. The number of anilines is 1. The van der Waals surface area contributed by atoms with Crippen molar-refractivity contribution in [1.82, 2.24) is 19.5 Å². The minimum absolute atomic E-state index is 0.0999. The zero-order chi connectivity index (χ0) is 23.9. The van der Waals surface area contributed by atoms with Crippen LogP contribution in [0.3, 0.4) is 0 Å². The van der Waals surface area contributed by atoms with Gasteiger partial charge in [0.2, 0.25) is 0 Å². The van der Waals surface area contributed by atoms with Crippen LogP contribution in [0.15, 0.2) is 67.3 Å². The van der Waals surface area contributed by atoms with Crippen molar-refractivity contribution in [3.8, 4) is 0 Å². The quantitative estimate of drug-likeness (QED) is 0.207. The smallest absolute Gasteiger partial charge is 0.340 e. The van der Waals surface area contributed by atoms with E-state index in [0.29, 0.717) is 11.1 Å². The number of aromatic nitrogens is 4. The molecule has 4 N–H and O–H groups in total. The molecule has 34 heavy (non-hydrogen) atoms. The Morgan fingerprint density at radius 3 is 2.38 bits per heavy atom. The van der Waals surface area contributed by atoms with Crippen molar-refractivity contribution >= 4 is 28.7 Å². The van der Waals surface area contributed by atoms with E-state index in [1.165, 1.54) is 36.9 Å². The van der Waals surface area contributed by atoms with Crippen LogP contribution in [0.25, 0.3) is 11.2 Å². The van der Waals surface area contributed by atoms with E-state index in [4.69, 9.17) is 15.2 Å². The first-order valence-corrected chi connectivity index (χ1v) is 10.3. The lowest BCUT2D eigenvalue weighted by Crippen LogP contribution is -2.35. The number of esters is 1. The van der Waals surface area contributed by atoms with Crippen molar-refractivity contribution in [1.29, 1.82) is 0 Å². The summed E-state index contributed by atoms with van der Waals surface area (Å²) in [5.74, 6) is -4.95. The molecule has 4 aromatic rings. The maximum atomic E-state index is 12.9. The van der Waals surface area contributed by atoms with Crippen LogP contribution in [0.5, 0.6) is 0 Å². The zero-order valence-electron chi connectivity index (χ0n) is 17.7. The number of hydrogen-bond donors (Lipinski definition) is 3. The molecule has 5 rings (SSSR count). The number of aliphatic hydroxyl groups is 2. The van der Waals surface area contributed by atoms with Crippen molar-refractivity contribution < 1.29 is 29.3 Å². The first-order chi connectivity index (χ1) is 16.4. The van der Waals surface area contributed by atoms with Crippen molar-refractivity contribution in [2.75, 3.05) is 12.3 Å². The Labute approximate surface area is 192 Å². The molecule has 1 saturated heterocycles. The van der Waals surface area contributed by atoms with Crippen LogP contribution >= 0.6 is 0 Å². The Morgan fingerprint density at radius 2 is 1.68 bits per heavy atom. The molecule has 0 amide bonds. The molecule has 11 nitrogen and oxygen atoms in total. The average molecular weight is 461 g/mol. The summed E-state index contributed by atoms with van der Waals surface area (Å²) < 4.78 is 12.1. The van der Waals surface area contributed by atoms with Gasteiger partial charge < -0.3 is 20.7 Å².